The largest absolute Gasteiger partial charge is 0.465 e. The summed E-state index contributed by atoms with van der Waals surface area (Å²) in [5, 5.41) is 10.5. The molecule has 0 aliphatic rings. The molecule has 0 fully saturated rings. The van der Waals surface area contributed by atoms with Gasteiger partial charge in [0.15, 0.2) is 0 Å². The smallest absolute Gasteiger partial charge is 0.368 e. The molecule has 0 unspecified atom stereocenters. The third-order valence-corrected chi connectivity index (χ3v) is 5.64. The van der Waals surface area contributed by atoms with E-state index in [9.17, 15) is 4.79 Å². The number of thiazole rings is 1. The van der Waals surface area contributed by atoms with Gasteiger partial charge in [-0.3, -0.25) is 0 Å². The van der Waals surface area contributed by atoms with Gasteiger partial charge < -0.3 is 4.74 Å². The van der Waals surface area contributed by atoms with Gasteiger partial charge >= 0.3 is 5.69 Å². The minimum absolute atomic E-state index is 0.144. The summed E-state index contributed by atoms with van der Waals surface area (Å²) in [6.45, 7) is 0.144. The summed E-state index contributed by atoms with van der Waals surface area (Å²) in [6, 6.07) is 13.1. The molecule has 2 aromatic heterocycles. The van der Waals surface area contributed by atoms with E-state index in [1.54, 1.807) is 18.2 Å². The summed E-state index contributed by atoms with van der Waals surface area (Å²) in [6.07, 6.45) is 0. The normalized spacial score (nSPS) is 11.0. The molecule has 2 heterocycles. The highest BCUT2D eigenvalue weighted by Crippen LogP contribution is 2.29. The number of hydrogen-bond donors (Lipinski definition) is 0. The lowest BCUT2D eigenvalue weighted by Gasteiger charge is -2.10. The molecular formula is C18H13BrClN5O2S. The molecule has 0 amide bonds. The number of hydrogen-bond acceptors (Lipinski definition) is 6. The molecule has 4 aromatic rings. The third-order valence-electron chi connectivity index (χ3n) is 4.01. The first-order chi connectivity index (χ1) is 13.5. The second-order valence-electron chi connectivity index (χ2n) is 5.83. The van der Waals surface area contributed by atoms with Crippen LogP contribution in [0.5, 0.6) is 5.19 Å². The van der Waals surface area contributed by atoms with Crippen LogP contribution in [-0.2, 0) is 13.7 Å². The number of ether oxygens (including phenoxy) is 1. The summed E-state index contributed by atoms with van der Waals surface area (Å²) >= 11 is 11.2. The molecule has 10 heteroatoms. The Balaban J connectivity index is 1.58. The Kier molecular flexibility index (Phi) is 5.29. The molecule has 0 aliphatic carbocycles. The Hall–Kier alpha value is -2.49. The van der Waals surface area contributed by atoms with Crippen LogP contribution in [0, 0.1) is 0 Å². The first kappa shape index (κ1) is 18.9. The van der Waals surface area contributed by atoms with Gasteiger partial charge in [0, 0.05) is 33.0 Å². The van der Waals surface area contributed by atoms with Crippen LogP contribution in [0.2, 0.25) is 5.02 Å². The third kappa shape index (κ3) is 3.73. The average Bonchev–Trinajstić information content (AvgIpc) is 3.29. The SMILES string of the molecule is Cn1nnn(-c2cccc(Cl)c2COc2nc(-c3ccc(Br)cc3)cs2)c1=O. The van der Waals surface area contributed by atoms with E-state index < -0.39 is 0 Å². The highest BCUT2D eigenvalue weighted by molar-refractivity contribution is 9.10. The van der Waals surface area contributed by atoms with Crippen molar-refractivity contribution in [3.63, 3.8) is 0 Å². The van der Waals surface area contributed by atoms with E-state index in [1.807, 2.05) is 29.6 Å². The van der Waals surface area contributed by atoms with Gasteiger partial charge in [0.25, 0.3) is 5.19 Å². The Morgan fingerprint density at radius 1 is 1.18 bits per heavy atom. The molecule has 142 valence electrons. The summed E-state index contributed by atoms with van der Waals surface area (Å²) in [5.41, 5.74) is 2.62. The lowest BCUT2D eigenvalue weighted by molar-refractivity contribution is 0.304. The van der Waals surface area contributed by atoms with Crippen molar-refractivity contribution in [2.24, 2.45) is 7.05 Å². The van der Waals surface area contributed by atoms with Gasteiger partial charge in [0.05, 0.1) is 11.4 Å². The molecule has 0 bridgehead atoms. The minimum atomic E-state index is -0.365. The van der Waals surface area contributed by atoms with E-state index in [2.05, 4.69) is 31.3 Å². The zero-order valence-corrected chi connectivity index (χ0v) is 17.7. The van der Waals surface area contributed by atoms with Crippen molar-refractivity contribution in [2.45, 2.75) is 6.61 Å². The Labute approximate surface area is 177 Å². The van der Waals surface area contributed by atoms with E-state index in [4.69, 9.17) is 16.3 Å². The first-order valence-corrected chi connectivity index (χ1v) is 10.2. The Morgan fingerprint density at radius 2 is 1.96 bits per heavy atom. The standard InChI is InChI=1S/C18H13BrClN5O2S/c1-24-18(26)25(23-22-24)16-4-2-3-14(20)13(16)9-27-17-21-15(10-28-17)11-5-7-12(19)8-6-11/h2-8,10H,9H2,1H3. The van der Waals surface area contributed by atoms with E-state index >= 15 is 0 Å². The van der Waals surface area contributed by atoms with Crippen LogP contribution in [0.4, 0.5) is 0 Å². The fourth-order valence-corrected chi connectivity index (χ4v) is 3.73. The molecule has 0 N–H and O–H groups in total. The van der Waals surface area contributed by atoms with Gasteiger partial charge in [0.2, 0.25) is 0 Å². The van der Waals surface area contributed by atoms with Gasteiger partial charge in [-0.15, -0.1) is 0 Å². The monoisotopic (exact) mass is 477 g/mol. The zero-order chi connectivity index (χ0) is 19.7. The van der Waals surface area contributed by atoms with Gasteiger partial charge in [-0.2, -0.15) is 9.36 Å². The molecule has 7 nitrogen and oxygen atoms in total. The number of benzene rings is 2. The van der Waals surface area contributed by atoms with E-state index in [0.717, 1.165) is 20.4 Å². The second kappa shape index (κ2) is 7.86. The van der Waals surface area contributed by atoms with E-state index in [1.165, 1.54) is 23.1 Å². The highest BCUT2D eigenvalue weighted by Gasteiger charge is 2.15. The minimum Gasteiger partial charge on any atom is -0.465 e. The molecule has 0 saturated heterocycles. The topological polar surface area (TPSA) is 74.8 Å². The second-order valence-corrected chi connectivity index (χ2v) is 7.97. The highest BCUT2D eigenvalue weighted by atomic mass is 79.9. The quantitative estimate of drug-likeness (QED) is 0.432. The fourth-order valence-electron chi connectivity index (χ4n) is 2.56. The number of aromatic nitrogens is 5. The van der Waals surface area contributed by atoms with Crippen molar-refractivity contribution < 1.29 is 4.74 Å². The number of halogens is 2. The number of aryl methyl sites for hydroxylation is 1. The van der Waals surface area contributed by atoms with Crippen LogP contribution in [0.15, 0.2) is 57.1 Å². The molecule has 0 aliphatic heterocycles. The van der Waals surface area contributed by atoms with Crippen LogP contribution in [0.1, 0.15) is 5.56 Å². The lowest BCUT2D eigenvalue weighted by atomic mass is 10.2. The van der Waals surface area contributed by atoms with Crippen molar-refractivity contribution in [3.8, 4) is 22.1 Å². The van der Waals surface area contributed by atoms with Gasteiger partial charge in [-0.25, -0.2) is 9.78 Å². The first-order valence-electron chi connectivity index (χ1n) is 8.14. The Morgan fingerprint density at radius 3 is 2.68 bits per heavy atom. The van der Waals surface area contributed by atoms with Gasteiger partial charge in [0.1, 0.15) is 6.61 Å². The average molecular weight is 479 g/mol. The maximum absolute atomic E-state index is 12.2. The van der Waals surface area contributed by atoms with Crippen molar-refractivity contribution in [3.05, 3.63) is 73.4 Å². The van der Waals surface area contributed by atoms with Crippen molar-refractivity contribution in [2.75, 3.05) is 0 Å². The van der Waals surface area contributed by atoms with Crippen molar-refractivity contribution in [1.82, 2.24) is 24.8 Å². The van der Waals surface area contributed by atoms with Crippen LogP contribution < -0.4 is 10.4 Å². The number of tetrazole rings is 1. The summed E-state index contributed by atoms with van der Waals surface area (Å²) in [7, 11) is 1.53. The number of nitrogens with zero attached hydrogens (tertiary/aromatic N) is 5. The fraction of sp³-hybridized carbons (Fsp3) is 0.111. The summed E-state index contributed by atoms with van der Waals surface area (Å²) < 4.78 is 9.20. The zero-order valence-electron chi connectivity index (χ0n) is 14.5. The van der Waals surface area contributed by atoms with Crippen molar-refractivity contribution >= 4 is 38.9 Å². The predicted molar refractivity (Wildman–Crippen MR) is 111 cm³/mol. The molecule has 0 saturated carbocycles. The molecule has 28 heavy (non-hydrogen) atoms. The van der Waals surface area contributed by atoms with Crippen LogP contribution in [0.25, 0.3) is 16.9 Å². The van der Waals surface area contributed by atoms with Crippen LogP contribution >= 0.6 is 38.9 Å². The molecule has 4 rings (SSSR count). The molecule has 2 aromatic carbocycles. The summed E-state index contributed by atoms with van der Waals surface area (Å²) in [4.78, 5) is 16.7. The molecule has 0 radical (unpaired) electrons. The van der Waals surface area contributed by atoms with E-state index in [-0.39, 0.29) is 12.3 Å². The van der Waals surface area contributed by atoms with Gasteiger partial charge in [-0.1, -0.05) is 57.1 Å². The summed E-state index contributed by atoms with van der Waals surface area (Å²) in [5.74, 6) is 0. The van der Waals surface area contributed by atoms with E-state index in [0.29, 0.717) is 21.5 Å². The van der Waals surface area contributed by atoms with Crippen LogP contribution in [-0.4, -0.2) is 24.8 Å². The van der Waals surface area contributed by atoms with Crippen LogP contribution in [0.3, 0.4) is 0 Å². The maximum Gasteiger partial charge on any atom is 0.368 e. The molecule has 0 spiro atoms. The predicted octanol–water partition coefficient (Wildman–Crippen LogP) is 4.08. The van der Waals surface area contributed by atoms with Crippen molar-refractivity contribution in [1.29, 1.82) is 0 Å². The van der Waals surface area contributed by atoms with Gasteiger partial charge in [-0.05, 0) is 34.7 Å². The molecule has 0 atom stereocenters. The maximum atomic E-state index is 12.2. The molecular weight excluding hydrogens is 466 g/mol. The Bertz CT molecular complexity index is 1190. The lowest BCUT2D eigenvalue weighted by Crippen LogP contribution is -2.23. The number of rotatable bonds is 5.